The van der Waals surface area contributed by atoms with E-state index < -0.39 is 0 Å². The molecule has 0 unspecified atom stereocenters. The van der Waals surface area contributed by atoms with Crippen molar-refractivity contribution in [2.75, 3.05) is 7.11 Å². The van der Waals surface area contributed by atoms with Crippen LogP contribution in [-0.2, 0) is 0 Å². The lowest BCUT2D eigenvalue weighted by Gasteiger charge is -2.13. The Hall–Kier alpha value is -0.880. The van der Waals surface area contributed by atoms with Crippen molar-refractivity contribution in [3.05, 3.63) is 38.2 Å². The maximum atomic E-state index is 6.24. The molecule has 0 spiro atoms. The van der Waals surface area contributed by atoms with Crippen LogP contribution in [0.5, 0.6) is 5.75 Å². The van der Waals surface area contributed by atoms with Gasteiger partial charge in [-0.1, -0.05) is 31.5 Å². The summed E-state index contributed by atoms with van der Waals surface area (Å²) in [5.41, 5.74) is 2.95. The second kappa shape index (κ2) is 6.26. The van der Waals surface area contributed by atoms with E-state index in [1.807, 2.05) is 25.1 Å². The number of benzene rings is 1. The molecule has 0 aliphatic carbocycles. The number of aryl methyl sites for hydroxylation is 1. The Bertz CT molecular complexity index is 644. The maximum absolute atomic E-state index is 6.24. The van der Waals surface area contributed by atoms with Gasteiger partial charge in [-0.3, -0.25) is 0 Å². The van der Waals surface area contributed by atoms with Crippen molar-refractivity contribution in [2.45, 2.75) is 26.7 Å². The predicted molar refractivity (Wildman–Crippen MR) is 90.6 cm³/mol. The van der Waals surface area contributed by atoms with Gasteiger partial charge >= 0.3 is 0 Å². The van der Waals surface area contributed by atoms with Crippen molar-refractivity contribution < 1.29 is 4.74 Å². The van der Waals surface area contributed by atoms with Crippen LogP contribution in [0.25, 0.3) is 11.4 Å². The molecule has 1 heterocycles. The molecule has 0 N–H and O–H groups in total. The summed E-state index contributed by atoms with van der Waals surface area (Å²) >= 11 is 8.43. The topological polar surface area (TPSA) is 35.0 Å². The molecule has 0 fully saturated rings. The standard InChI is InChI=1S/C15H16ClIN2O/c1-8(2)13-12(17)14(16)19-15(18-13)10-6-5-9(3)7-11(10)20-4/h5-8H,1-4H3. The van der Waals surface area contributed by atoms with E-state index in [1.165, 1.54) is 0 Å². The quantitative estimate of drug-likeness (QED) is 0.544. The minimum absolute atomic E-state index is 0.289. The molecule has 0 aliphatic rings. The first kappa shape index (κ1) is 15.5. The molecule has 0 saturated heterocycles. The molecule has 5 heteroatoms. The number of nitrogens with zero attached hydrogens (tertiary/aromatic N) is 2. The summed E-state index contributed by atoms with van der Waals surface area (Å²) in [7, 11) is 1.65. The monoisotopic (exact) mass is 402 g/mol. The molecule has 1 aromatic carbocycles. The Balaban J connectivity index is 2.64. The van der Waals surface area contributed by atoms with Gasteiger partial charge in [-0.15, -0.1) is 0 Å². The van der Waals surface area contributed by atoms with Gasteiger partial charge in [0.15, 0.2) is 5.82 Å². The average molecular weight is 403 g/mol. The zero-order valence-electron chi connectivity index (χ0n) is 11.9. The lowest BCUT2D eigenvalue weighted by Crippen LogP contribution is -2.03. The predicted octanol–water partition coefficient (Wildman–Crippen LogP) is 4.84. The van der Waals surface area contributed by atoms with Gasteiger partial charge < -0.3 is 4.74 Å². The van der Waals surface area contributed by atoms with Gasteiger partial charge in [-0.05, 0) is 53.1 Å². The summed E-state index contributed by atoms with van der Waals surface area (Å²) in [6.07, 6.45) is 0. The normalized spacial score (nSPS) is 10.9. The second-order valence-electron chi connectivity index (χ2n) is 4.90. The Morgan fingerprint density at radius 3 is 2.55 bits per heavy atom. The summed E-state index contributed by atoms with van der Waals surface area (Å²) in [5.74, 6) is 1.66. The van der Waals surface area contributed by atoms with Crippen LogP contribution >= 0.6 is 34.2 Å². The lowest BCUT2D eigenvalue weighted by molar-refractivity contribution is 0.416. The zero-order chi connectivity index (χ0) is 14.9. The fourth-order valence-electron chi connectivity index (χ4n) is 1.92. The van der Waals surface area contributed by atoms with Gasteiger partial charge in [-0.25, -0.2) is 9.97 Å². The minimum atomic E-state index is 0.289. The number of methoxy groups -OCH3 is 1. The number of ether oxygens (including phenoxy) is 1. The molecule has 0 saturated carbocycles. The summed E-state index contributed by atoms with van der Waals surface area (Å²) in [6, 6.07) is 5.96. The van der Waals surface area contributed by atoms with Gasteiger partial charge in [0.25, 0.3) is 0 Å². The second-order valence-corrected chi connectivity index (χ2v) is 6.33. The third-order valence-electron chi connectivity index (χ3n) is 2.98. The number of hydrogen-bond acceptors (Lipinski definition) is 3. The van der Waals surface area contributed by atoms with E-state index >= 15 is 0 Å². The summed E-state index contributed by atoms with van der Waals surface area (Å²) < 4.78 is 6.34. The maximum Gasteiger partial charge on any atom is 0.164 e. The van der Waals surface area contributed by atoms with Crippen LogP contribution in [0.4, 0.5) is 0 Å². The van der Waals surface area contributed by atoms with Crippen LogP contribution in [0.15, 0.2) is 18.2 Å². The highest BCUT2D eigenvalue weighted by Crippen LogP contribution is 2.32. The smallest absolute Gasteiger partial charge is 0.164 e. The average Bonchev–Trinajstić information content (AvgIpc) is 2.41. The van der Waals surface area contributed by atoms with Gasteiger partial charge in [0.2, 0.25) is 0 Å². The number of rotatable bonds is 3. The molecule has 1 aromatic heterocycles. The van der Waals surface area contributed by atoms with Crippen LogP contribution < -0.4 is 4.74 Å². The fraction of sp³-hybridized carbons (Fsp3) is 0.333. The highest BCUT2D eigenvalue weighted by Gasteiger charge is 2.16. The van der Waals surface area contributed by atoms with Crippen molar-refractivity contribution in [2.24, 2.45) is 0 Å². The van der Waals surface area contributed by atoms with Gasteiger partial charge in [0.1, 0.15) is 10.9 Å². The third kappa shape index (κ3) is 3.06. The Labute approximate surface area is 137 Å². The minimum Gasteiger partial charge on any atom is -0.496 e. The molecule has 0 bridgehead atoms. The van der Waals surface area contributed by atoms with Crippen LogP contribution in [-0.4, -0.2) is 17.1 Å². The molecular formula is C15H16ClIN2O. The first-order chi connectivity index (χ1) is 9.43. The highest BCUT2D eigenvalue weighted by atomic mass is 127. The summed E-state index contributed by atoms with van der Waals surface area (Å²) in [6.45, 7) is 6.21. The molecule has 0 amide bonds. The van der Waals surface area contributed by atoms with Crippen LogP contribution in [0.3, 0.4) is 0 Å². The van der Waals surface area contributed by atoms with Gasteiger partial charge in [0.05, 0.1) is 21.9 Å². The van der Waals surface area contributed by atoms with E-state index in [9.17, 15) is 0 Å². The van der Waals surface area contributed by atoms with Crippen molar-refractivity contribution >= 4 is 34.2 Å². The summed E-state index contributed by atoms with van der Waals surface area (Å²) in [4.78, 5) is 9.05. The van der Waals surface area contributed by atoms with E-state index in [-0.39, 0.29) is 5.92 Å². The zero-order valence-corrected chi connectivity index (χ0v) is 14.8. The number of hydrogen-bond donors (Lipinski definition) is 0. The highest BCUT2D eigenvalue weighted by molar-refractivity contribution is 14.1. The molecule has 0 radical (unpaired) electrons. The lowest BCUT2D eigenvalue weighted by atomic mass is 10.1. The van der Waals surface area contributed by atoms with E-state index in [2.05, 4.69) is 46.4 Å². The van der Waals surface area contributed by atoms with Crippen LogP contribution in [0, 0.1) is 10.5 Å². The Kier molecular flexibility index (Phi) is 4.86. The molecule has 0 atom stereocenters. The first-order valence-corrected chi connectivity index (χ1v) is 7.77. The van der Waals surface area contributed by atoms with Crippen molar-refractivity contribution in [1.29, 1.82) is 0 Å². The largest absolute Gasteiger partial charge is 0.496 e. The molecule has 3 nitrogen and oxygen atoms in total. The van der Waals surface area contributed by atoms with Gasteiger partial charge in [0, 0.05) is 0 Å². The first-order valence-electron chi connectivity index (χ1n) is 6.32. The Morgan fingerprint density at radius 1 is 1.25 bits per heavy atom. The molecule has 2 aromatic rings. The number of aromatic nitrogens is 2. The molecular weight excluding hydrogens is 387 g/mol. The SMILES string of the molecule is COc1cc(C)ccc1-c1nc(Cl)c(I)c(C(C)C)n1. The van der Waals surface area contributed by atoms with Crippen LogP contribution in [0.1, 0.15) is 31.0 Å². The van der Waals surface area contributed by atoms with E-state index in [0.717, 1.165) is 26.1 Å². The van der Waals surface area contributed by atoms with E-state index in [0.29, 0.717) is 11.0 Å². The Morgan fingerprint density at radius 2 is 1.95 bits per heavy atom. The van der Waals surface area contributed by atoms with Crippen molar-refractivity contribution in [3.63, 3.8) is 0 Å². The molecule has 0 aliphatic heterocycles. The fourth-order valence-corrected chi connectivity index (χ4v) is 2.96. The molecule has 2 rings (SSSR count). The third-order valence-corrected chi connectivity index (χ3v) is 4.64. The molecule has 106 valence electrons. The van der Waals surface area contributed by atoms with Gasteiger partial charge in [-0.2, -0.15) is 0 Å². The van der Waals surface area contributed by atoms with Crippen molar-refractivity contribution in [3.8, 4) is 17.1 Å². The van der Waals surface area contributed by atoms with E-state index in [1.54, 1.807) is 7.11 Å². The van der Waals surface area contributed by atoms with Crippen LogP contribution in [0.2, 0.25) is 5.15 Å². The van der Waals surface area contributed by atoms with E-state index in [4.69, 9.17) is 16.3 Å². The molecule has 20 heavy (non-hydrogen) atoms. The summed E-state index contributed by atoms with van der Waals surface area (Å²) in [5, 5.41) is 0.488. The number of halogens is 2. The van der Waals surface area contributed by atoms with Crippen molar-refractivity contribution in [1.82, 2.24) is 9.97 Å².